The summed E-state index contributed by atoms with van der Waals surface area (Å²) in [6.45, 7) is 15.2. The standard InChI is InChI=1S/C25H33N5O.C8H14FN.CHN/c1-5-18-22(28-25(31-4)29-24(18)30-12-6-7-16(30)3)13-17-9-8-15(2)19-10-11-21(27)20(14-26)23(17)19;1-8-3-2-4-10(8)6-7(9)5-8;1-2/h10-11,15-17H,5-9,12-13,27H2,1-4H3;7H,2-6H2,1H3;1H. The van der Waals surface area contributed by atoms with Crippen molar-refractivity contribution in [1.29, 1.82) is 10.5 Å². The van der Waals surface area contributed by atoms with Crippen LogP contribution in [0.25, 0.3) is 0 Å². The second-order valence-corrected chi connectivity index (χ2v) is 12.9. The number of aromatic nitrogens is 2. The minimum absolute atomic E-state index is 0.220. The van der Waals surface area contributed by atoms with Gasteiger partial charge in [0.05, 0.1) is 18.4 Å². The first-order valence-corrected chi connectivity index (χ1v) is 15.9. The molecular weight excluding hydrogens is 541 g/mol. The fourth-order valence-corrected chi connectivity index (χ4v) is 7.84. The number of anilines is 2. The van der Waals surface area contributed by atoms with Crippen LogP contribution >= 0.6 is 0 Å². The normalized spacial score (nSPS) is 27.7. The van der Waals surface area contributed by atoms with Crippen LogP contribution in [0.5, 0.6) is 6.01 Å². The second-order valence-electron chi connectivity index (χ2n) is 12.9. The summed E-state index contributed by atoms with van der Waals surface area (Å²) in [5, 5.41) is 16.4. The second kappa shape index (κ2) is 13.9. The lowest BCUT2D eigenvalue weighted by molar-refractivity contribution is 0.217. The Bertz CT molecular complexity index is 1340. The van der Waals surface area contributed by atoms with E-state index in [1.165, 1.54) is 36.8 Å². The van der Waals surface area contributed by atoms with E-state index >= 15 is 0 Å². The van der Waals surface area contributed by atoms with Crippen LogP contribution in [0.2, 0.25) is 0 Å². The molecular formula is C34H48FN7O. The van der Waals surface area contributed by atoms with E-state index in [-0.39, 0.29) is 11.5 Å². The number of hydrogen-bond acceptors (Lipinski definition) is 8. The van der Waals surface area contributed by atoms with E-state index in [0.29, 0.717) is 35.8 Å². The highest BCUT2D eigenvalue weighted by Gasteiger charge is 2.44. The molecule has 5 unspecified atom stereocenters. The largest absolute Gasteiger partial charge is 0.467 e. The van der Waals surface area contributed by atoms with E-state index in [4.69, 9.17) is 25.7 Å². The molecule has 5 atom stereocenters. The molecule has 3 fully saturated rings. The van der Waals surface area contributed by atoms with Gasteiger partial charge < -0.3 is 15.4 Å². The molecule has 0 amide bonds. The molecule has 3 saturated heterocycles. The van der Waals surface area contributed by atoms with Crippen LogP contribution in [-0.4, -0.2) is 59.4 Å². The van der Waals surface area contributed by atoms with Gasteiger partial charge in [-0.3, -0.25) is 4.90 Å². The topological polar surface area (TPSA) is 115 Å². The number of benzene rings is 1. The number of halogens is 1. The summed E-state index contributed by atoms with van der Waals surface area (Å²) in [7, 11) is 1.63. The first-order valence-electron chi connectivity index (χ1n) is 15.9. The molecule has 2 N–H and O–H groups in total. The van der Waals surface area contributed by atoms with Crippen LogP contribution in [-0.2, 0) is 12.8 Å². The third-order valence-corrected chi connectivity index (χ3v) is 10.1. The van der Waals surface area contributed by atoms with Crippen LogP contribution < -0.4 is 15.4 Å². The number of nitrogen functional groups attached to an aromatic ring is 1. The van der Waals surface area contributed by atoms with Gasteiger partial charge >= 0.3 is 6.01 Å². The van der Waals surface area contributed by atoms with Gasteiger partial charge in [-0.2, -0.15) is 15.2 Å². The Labute approximate surface area is 257 Å². The Balaban J connectivity index is 0.000000294. The number of nitrogens with two attached hydrogens (primary N) is 1. The number of fused-ring (bicyclic) bond motifs is 2. The quantitative estimate of drug-likeness (QED) is 0.397. The zero-order chi connectivity index (χ0) is 31.3. The lowest BCUT2D eigenvalue weighted by Crippen LogP contribution is -2.34. The van der Waals surface area contributed by atoms with Gasteiger partial charge in [0.25, 0.3) is 0 Å². The zero-order valence-electron chi connectivity index (χ0n) is 26.6. The van der Waals surface area contributed by atoms with Crippen molar-refractivity contribution < 1.29 is 9.13 Å². The zero-order valence-corrected chi connectivity index (χ0v) is 26.6. The van der Waals surface area contributed by atoms with Crippen molar-refractivity contribution in [3.63, 3.8) is 0 Å². The van der Waals surface area contributed by atoms with Crippen LogP contribution in [0, 0.1) is 23.2 Å². The van der Waals surface area contributed by atoms with Gasteiger partial charge in [0.15, 0.2) is 0 Å². The summed E-state index contributed by atoms with van der Waals surface area (Å²) in [6.07, 6.45) is 8.83. The molecule has 8 nitrogen and oxygen atoms in total. The fraction of sp³-hybridized carbons (Fsp3) is 0.647. The summed E-state index contributed by atoms with van der Waals surface area (Å²) in [5.74, 6) is 1.68. The summed E-state index contributed by atoms with van der Waals surface area (Å²) < 4.78 is 18.4. The molecule has 4 aliphatic rings. The van der Waals surface area contributed by atoms with Crippen molar-refractivity contribution in [2.75, 3.05) is 37.4 Å². The van der Waals surface area contributed by atoms with Gasteiger partial charge in [-0.15, -0.1) is 0 Å². The molecule has 0 bridgehead atoms. The Morgan fingerprint density at radius 1 is 1.16 bits per heavy atom. The van der Waals surface area contributed by atoms with Crippen molar-refractivity contribution in [3.05, 3.63) is 40.1 Å². The SMILES string of the molecule is C#N.CC12CCCN1CC(F)C2.CCc1c(CC2CCC(C)c3ccc(N)c(C#N)c32)nc(OC)nc1N1CCCC1C. The number of hydrogen-bond donors (Lipinski definition) is 1. The van der Waals surface area contributed by atoms with Gasteiger partial charge in [-0.25, -0.2) is 9.65 Å². The van der Waals surface area contributed by atoms with Crippen molar-refractivity contribution in [2.45, 2.75) is 115 Å². The minimum atomic E-state index is -0.551. The molecule has 0 saturated carbocycles. The average molecular weight is 590 g/mol. The lowest BCUT2D eigenvalue weighted by Gasteiger charge is -2.32. The number of methoxy groups -OCH3 is 1. The molecule has 0 radical (unpaired) electrons. The van der Waals surface area contributed by atoms with E-state index in [1.54, 1.807) is 7.11 Å². The molecule has 6 rings (SSSR count). The summed E-state index contributed by atoms with van der Waals surface area (Å²) in [4.78, 5) is 14.3. The van der Waals surface area contributed by atoms with Crippen LogP contribution in [0.3, 0.4) is 0 Å². The monoisotopic (exact) mass is 589 g/mol. The third-order valence-electron chi connectivity index (χ3n) is 10.1. The molecule has 3 aliphatic heterocycles. The van der Waals surface area contributed by atoms with Crippen LogP contribution in [0.4, 0.5) is 15.9 Å². The highest BCUT2D eigenvalue weighted by molar-refractivity contribution is 5.63. The van der Waals surface area contributed by atoms with Gasteiger partial charge in [0.1, 0.15) is 18.1 Å². The van der Waals surface area contributed by atoms with E-state index in [9.17, 15) is 9.65 Å². The smallest absolute Gasteiger partial charge is 0.318 e. The molecule has 1 aromatic heterocycles. The maximum absolute atomic E-state index is 12.8. The lowest BCUT2D eigenvalue weighted by atomic mass is 9.73. The molecule has 1 aromatic carbocycles. The Morgan fingerprint density at radius 2 is 1.93 bits per heavy atom. The molecule has 9 heteroatoms. The predicted octanol–water partition coefficient (Wildman–Crippen LogP) is 6.44. The fourth-order valence-electron chi connectivity index (χ4n) is 7.84. The number of alkyl halides is 1. The van der Waals surface area contributed by atoms with Gasteiger partial charge in [0, 0.05) is 42.5 Å². The number of nitriles is 2. The van der Waals surface area contributed by atoms with Crippen molar-refractivity contribution in [1.82, 2.24) is 14.9 Å². The number of ether oxygens (including phenoxy) is 1. The van der Waals surface area contributed by atoms with Gasteiger partial charge in [-0.05, 0) is 107 Å². The van der Waals surface area contributed by atoms with Gasteiger partial charge in [0.2, 0.25) is 0 Å². The summed E-state index contributed by atoms with van der Waals surface area (Å²) >= 11 is 0. The molecule has 0 spiro atoms. The third kappa shape index (κ3) is 6.58. The van der Waals surface area contributed by atoms with Crippen molar-refractivity contribution in [3.8, 4) is 18.7 Å². The maximum atomic E-state index is 12.8. The first kappa shape index (κ1) is 32.5. The minimum Gasteiger partial charge on any atom is -0.467 e. The Morgan fingerprint density at radius 3 is 2.56 bits per heavy atom. The van der Waals surface area contributed by atoms with E-state index in [1.807, 2.05) is 6.07 Å². The van der Waals surface area contributed by atoms with Crippen molar-refractivity contribution >= 4 is 11.5 Å². The highest BCUT2D eigenvalue weighted by Crippen LogP contribution is 2.44. The average Bonchev–Trinajstić information content (AvgIpc) is 3.67. The molecule has 1 aliphatic carbocycles. The van der Waals surface area contributed by atoms with Crippen LogP contribution in [0.15, 0.2) is 12.1 Å². The molecule has 4 heterocycles. The maximum Gasteiger partial charge on any atom is 0.318 e. The summed E-state index contributed by atoms with van der Waals surface area (Å²) in [5.41, 5.74) is 12.3. The van der Waals surface area contributed by atoms with Crippen LogP contribution in [0.1, 0.15) is 112 Å². The summed E-state index contributed by atoms with van der Waals surface area (Å²) in [6, 6.07) is 7.28. The first-order chi connectivity index (χ1) is 20.7. The van der Waals surface area contributed by atoms with E-state index in [0.717, 1.165) is 62.3 Å². The Kier molecular flexibility index (Phi) is 10.5. The predicted molar refractivity (Wildman–Crippen MR) is 169 cm³/mol. The van der Waals surface area contributed by atoms with E-state index in [2.05, 4.69) is 56.2 Å². The highest BCUT2D eigenvalue weighted by atomic mass is 19.1. The Hall–Kier alpha value is -3.43. The van der Waals surface area contributed by atoms with E-state index < -0.39 is 6.17 Å². The van der Waals surface area contributed by atoms with Gasteiger partial charge in [-0.1, -0.05) is 19.9 Å². The van der Waals surface area contributed by atoms with Crippen molar-refractivity contribution in [2.24, 2.45) is 0 Å². The molecule has 43 heavy (non-hydrogen) atoms. The molecule has 2 aromatic rings. The number of nitrogens with zero attached hydrogens (tertiary/aromatic N) is 6. The number of rotatable bonds is 5. The molecule has 232 valence electrons.